The van der Waals surface area contributed by atoms with Gasteiger partial charge < -0.3 is 14.4 Å². The van der Waals surface area contributed by atoms with Gasteiger partial charge in [-0.05, 0) is 74.5 Å². The maximum absolute atomic E-state index is 13.4. The van der Waals surface area contributed by atoms with Gasteiger partial charge in [-0.15, -0.1) is 0 Å². The molecule has 5 rings (SSSR count). The first kappa shape index (κ1) is 27.4. The Labute approximate surface area is 234 Å². The van der Waals surface area contributed by atoms with E-state index in [1.54, 1.807) is 36.4 Å². The average molecular weight is 561 g/mol. The van der Waals surface area contributed by atoms with Crippen molar-refractivity contribution in [1.82, 2.24) is 9.97 Å². The summed E-state index contributed by atoms with van der Waals surface area (Å²) in [5.41, 5.74) is 1.57. The Bertz CT molecular complexity index is 1500. The SMILES string of the molecule is CC1(C)COCCN1c1cc(CS(=O)c2ccc(F)cc2)nc(-c2ccc(NC(=O)Oc3ccccc3)cc2)n1. The molecule has 0 spiro atoms. The third kappa shape index (κ3) is 6.70. The fourth-order valence-electron chi connectivity index (χ4n) is 4.35. The molecule has 1 unspecified atom stereocenters. The summed E-state index contributed by atoms with van der Waals surface area (Å²) in [6.07, 6.45) is -0.600. The summed E-state index contributed by atoms with van der Waals surface area (Å²) in [7, 11) is -1.43. The molecular weight excluding hydrogens is 531 g/mol. The Hall–Kier alpha value is -4.15. The van der Waals surface area contributed by atoms with Crippen LogP contribution in [0.25, 0.3) is 11.4 Å². The summed E-state index contributed by atoms with van der Waals surface area (Å²) in [5.74, 6) is 1.37. The summed E-state index contributed by atoms with van der Waals surface area (Å²) in [6, 6.07) is 23.4. The number of nitrogens with one attached hydrogen (secondary N) is 1. The highest BCUT2D eigenvalue weighted by Gasteiger charge is 2.32. The van der Waals surface area contributed by atoms with Crippen LogP contribution in [0.15, 0.2) is 89.8 Å². The molecule has 40 heavy (non-hydrogen) atoms. The second-order valence-corrected chi connectivity index (χ2v) is 11.4. The van der Waals surface area contributed by atoms with Gasteiger partial charge in [0.1, 0.15) is 17.4 Å². The largest absolute Gasteiger partial charge is 0.417 e. The highest BCUT2D eigenvalue weighted by molar-refractivity contribution is 7.84. The Morgan fingerprint density at radius 3 is 2.48 bits per heavy atom. The van der Waals surface area contributed by atoms with E-state index in [-0.39, 0.29) is 17.1 Å². The quantitative estimate of drug-likeness (QED) is 0.305. The second kappa shape index (κ2) is 11.9. The van der Waals surface area contributed by atoms with Crippen LogP contribution in [0.5, 0.6) is 5.75 Å². The van der Waals surface area contributed by atoms with Crippen LogP contribution in [-0.2, 0) is 21.3 Å². The summed E-state index contributed by atoms with van der Waals surface area (Å²) >= 11 is 0. The molecule has 1 aliphatic heterocycles. The molecule has 4 aromatic rings. The number of carbonyl (C=O) groups is 1. The van der Waals surface area contributed by atoms with Gasteiger partial charge in [0.25, 0.3) is 0 Å². The number of hydrogen-bond acceptors (Lipinski definition) is 7. The van der Waals surface area contributed by atoms with E-state index in [9.17, 15) is 13.4 Å². The molecule has 1 N–H and O–H groups in total. The highest BCUT2D eigenvalue weighted by atomic mass is 32.2. The van der Waals surface area contributed by atoms with Gasteiger partial charge in [-0.25, -0.2) is 19.2 Å². The third-order valence-electron chi connectivity index (χ3n) is 6.39. The van der Waals surface area contributed by atoms with Crippen LogP contribution >= 0.6 is 0 Å². The Morgan fingerprint density at radius 2 is 1.77 bits per heavy atom. The van der Waals surface area contributed by atoms with Gasteiger partial charge in [0.15, 0.2) is 5.82 Å². The van der Waals surface area contributed by atoms with Crippen molar-refractivity contribution in [3.05, 3.63) is 96.4 Å². The number of benzene rings is 3. The van der Waals surface area contributed by atoms with Gasteiger partial charge >= 0.3 is 6.09 Å². The molecule has 2 heterocycles. The van der Waals surface area contributed by atoms with Crippen molar-refractivity contribution < 1.29 is 22.9 Å². The van der Waals surface area contributed by atoms with Crippen LogP contribution < -0.4 is 15.0 Å². The number of morpholine rings is 1. The lowest BCUT2D eigenvalue weighted by Crippen LogP contribution is -2.53. The number of nitrogens with zero attached hydrogens (tertiary/aromatic N) is 3. The number of aromatic nitrogens is 2. The lowest BCUT2D eigenvalue weighted by Gasteiger charge is -2.43. The van der Waals surface area contributed by atoms with E-state index in [0.717, 1.165) is 5.56 Å². The maximum atomic E-state index is 13.4. The maximum Gasteiger partial charge on any atom is 0.417 e. The van der Waals surface area contributed by atoms with E-state index in [0.29, 0.717) is 53.4 Å². The third-order valence-corrected chi connectivity index (χ3v) is 7.74. The van der Waals surface area contributed by atoms with Crippen LogP contribution in [0, 0.1) is 5.82 Å². The Balaban J connectivity index is 1.40. The summed E-state index contributed by atoms with van der Waals surface area (Å²) in [6.45, 7) is 5.93. The molecule has 1 saturated heterocycles. The molecule has 0 bridgehead atoms. The minimum absolute atomic E-state index is 0.143. The number of hydrogen-bond donors (Lipinski definition) is 1. The van der Waals surface area contributed by atoms with Crippen LogP contribution in [0.2, 0.25) is 0 Å². The molecule has 3 aromatic carbocycles. The lowest BCUT2D eigenvalue weighted by atomic mass is 10.0. The van der Waals surface area contributed by atoms with E-state index in [2.05, 4.69) is 24.1 Å². The van der Waals surface area contributed by atoms with Gasteiger partial charge in [0.2, 0.25) is 0 Å². The number of para-hydroxylation sites is 1. The molecule has 1 fully saturated rings. The van der Waals surface area contributed by atoms with E-state index in [1.165, 1.54) is 24.3 Å². The minimum Gasteiger partial charge on any atom is -0.410 e. The van der Waals surface area contributed by atoms with E-state index in [4.69, 9.17) is 19.4 Å². The fourth-order valence-corrected chi connectivity index (χ4v) is 5.38. The van der Waals surface area contributed by atoms with Crippen molar-refractivity contribution in [3.8, 4) is 17.1 Å². The number of amides is 1. The second-order valence-electron chi connectivity index (χ2n) is 9.91. The zero-order chi connectivity index (χ0) is 28.1. The summed E-state index contributed by atoms with van der Waals surface area (Å²) < 4.78 is 37.5. The fraction of sp³-hybridized carbons (Fsp3) is 0.233. The number of carbonyl (C=O) groups excluding carboxylic acids is 1. The standard InChI is InChI=1S/C30H29FN4O4S/c1-30(2)20-38-17-16-35(30)27-18-24(19-40(37)26-14-10-22(31)11-15-26)32-28(34-27)21-8-12-23(13-9-21)33-29(36)39-25-6-4-3-5-7-25/h3-15,18H,16-17,19-20H2,1-2H3,(H,33,36). The Kier molecular flexibility index (Phi) is 8.18. The zero-order valence-electron chi connectivity index (χ0n) is 22.2. The average Bonchev–Trinajstić information content (AvgIpc) is 2.94. The number of halogens is 1. The van der Waals surface area contributed by atoms with Gasteiger partial charge in [-0.2, -0.15) is 0 Å². The zero-order valence-corrected chi connectivity index (χ0v) is 23.0. The van der Waals surface area contributed by atoms with Crippen molar-refractivity contribution in [2.75, 3.05) is 30.0 Å². The van der Waals surface area contributed by atoms with E-state index >= 15 is 0 Å². The lowest BCUT2D eigenvalue weighted by molar-refractivity contribution is 0.0639. The predicted molar refractivity (Wildman–Crippen MR) is 152 cm³/mol. The van der Waals surface area contributed by atoms with Crippen molar-refractivity contribution >= 4 is 28.4 Å². The summed E-state index contributed by atoms with van der Waals surface area (Å²) in [5, 5.41) is 2.71. The van der Waals surface area contributed by atoms with Crippen LogP contribution in [-0.4, -0.2) is 45.6 Å². The van der Waals surface area contributed by atoms with Crippen molar-refractivity contribution in [1.29, 1.82) is 0 Å². The van der Waals surface area contributed by atoms with Gasteiger partial charge in [-0.1, -0.05) is 18.2 Å². The molecule has 1 amide bonds. The van der Waals surface area contributed by atoms with E-state index in [1.807, 2.05) is 24.3 Å². The van der Waals surface area contributed by atoms with E-state index < -0.39 is 16.9 Å². The van der Waals surface area contributed by atoms with Crippen LogP contribution in [0.4, 0.5) is 20.7 Å². The predicted octanol–water partition coefficient (Wildman–Crippen LogP) is 5.82. The molecule has 0 aliphatic carbocycles. The molecule has 0 radical (unpaired) electrons. The molecule has 1 aromatic heterocycles. The van der Waals surface area contributed by atoms with Gasteiger partial charge in [0, 0.05) is 28.8 Å². The van der Waals surface area contributed by atoms with Gasteiger partial charge in [0.05, 0.1) is 41.0 Å². The monoisotopic (exact) mass is 560 g/mol. The molecule has 1 atom stereocenters. The first-order chi connectivity index (χ1) is 19.3. The number of ether oxygens (including phenoxy) is 2. The molecule has 1 aliphatic rings. The highest BCUT2D eigenvalue weighted by Crippen LogP contribution is 2.29. The normalized spacial score (nSPS) is 15.3. The van der Waals surface area contributed by atoms with Crippen molar-refractivity contribution in [2.45, 2.75) is 30.0 Å². The molecule has 0 saturated carbocycles. The molecule has 206 valence electrons. The van der Waals surface area contributed by atoms with Gasteiger partial charge in [-0.3, -0.25) is 9.53 Å². The molecule has 10 heteroatoms. The number of anilines is 2. The minimum atomic E-state index is -1.43. The summed E-state index contributed by atoms with van der Waals surface area (Å²) in [4.78, 5) is 24.6. The topological polar surface area (TPSA) is 93.7 Å². The van der Waals surface area contributed by atoms with Crippen molar-refractivity contribution in [2.24, 2.45) is 0 Å². The first-order valence-corrected chi connectivity index (χ1v) is 14.1. The molecular formula is C30H29FN4O4S. The Morgan fingerprint density at radius 1 is 1.05 bits per heavy atom. The first-order valence-electron chi connectivity index (χ1n) is 12.8. The van der Waals surface area contributed by atoms with Crippen LogP contribution in [0.3, 0.4) is 0 Å². The van der Waals surface area contributed by atoms with Crippen molar-refractivity contribution in [3.63, 3.8) is 0 Å². The molecule has 8 nitrogen and oxygen atoms in total. The number of rotatable bonds is 7. The van der Waals surface area contributed by atoms with Crippen LogP contribution in [0.1, 0.15) is 19.5 Å². The smallest absolute Gasteiger partial charge is 0.410 e.